The fourth-order valence-corrected chi connectivity index (χ4v) is 3.21. The van der Waals surface area contributed by atoms with Crippen molar-refractivity contribution < 1.29 is 9.59 Å². The van der Waals surface area contributed by atoms with Crippen LogP contribution in [0.5, 0.6) is 0 Å². The first-order chi connectivity index (χ1) is 12.5. The van der Waals surface area contributed by atoms with Crippen LogP contribution in [0.2, 0.25) is 0 Å². The zero-order valence-corrected chi connectivity index (χ0v) is 16.3. The molecular formula is C22H30N2O2. The van der Waals surface area contributed by atoms with E-state index in [-0.39, 0.29) is 23.9 Å². The summed E-state index contributed by atoms with van der Waals surface area (Å²) in [6.45, 7) is 8.27. The molecule has 2 rings (SSSR count). The van der Waals surface area contributed by atoms with Gasteiger partial charge in [0.2, 0.25) is 0 Å². The molecule has 0 saturated carbocycles. The summed E-state index contributed by atoms with van der Waals surface area (Å²) >= 11 is 0. The van der Waals surface area contributed by atoms with E-state index in [0.717, 1.165) is 36.5 Å². The Morgan fingerprint density at radius 3 is 1.35 bits per heavy atom. The average Bonchev–Trinajstić information content (AvgIpc) is 2.68. The Kier molecular flexibility index (Phi) is 7.19. The lowest BCUT2D eigenvalue weighted by molar-refractivity contribution is 0.0925. The molecule has 0 atom stereocenters. The first-order valence-electron chi connectivity index (χ1n) is 9.69. The quantitative estimate of drug-likeness (QED) is 0.723. The molecule has 0 heterocycles. The number of hydrogen-bond acceptors (Lipinski definition) is 2. The molecule has 0 spiro atoms. The molecule has 4 nitrogen and oxygen atoms in total. The largest absolute Gasteiger partial charge is 0.349 e. The van der Waals surface area contributed by atoms with E-state index in [1.165, 1.54) is 0 Å². The van der Waals surface area contributed by atoms with Crippen LogP contribution in [0.4, 0.5) is 0 Å². The third-order valence-corrected chi connectivity index (χ3v) is 5.05. The van der Waals surface area contributed by atoms with Crippen LogP contribution in [0.25, 0.3) is 10.8 Å². The van der Waals surface area contributed by atoms with E-state index in [0.29, 0.717) is 11.1 Å². The minimum absolute atomic E-state index is 0.0816. The number of fused-ring (bicyclic) bond motifs is 1. The summed E-state index contributed by atoms with van der Waals surface area (Å²) in [7, 11) is 0. The smallest absolute Gasteiger partial charge is 0.252 e. The summed E-state index contributed by atoms with van der Waals surface area (Å²) in [6.07, 6.45) is 3.60. The van der Waals surface area contributed by atoms with E-state index < -0.39 is 0 Å². The van der Waals surface area contributed by atoms with Crippen LogP contribution >= 0.6 is 0 Å². The highest BCUT2D eigenvalue weighted by Gasteiger charge is 2.18. The molecule has 0 aromatic heterocycles. The van der Waals surface area contributed by atoms with Gasteiger partial charge in [0.05, 0.1) is 0 Å². The molecule has 2 amide bonds. The van der Waals surface area contributed by atoms with Gasteiger partial charge in [0.1, 0.15) is 0 Å². The predicted molar refractivity (Wildman–Crippen MR) is 108 cm³/mol. The number of nitrogens with one attached hydrogen (secondary N) is 2. The lowest BCUT2D eigenvalue weighted by atomic mass is 9.97. The second-order valence-electron chi connectivity index (χ2n) is 6.68. The minimum atomic E-state index is -0.0816. The van der Waals surface area contributed by atoms with E-state index in [1.54, 1.807) is 12.1 Å². The van der Waals surface area contributed by atoms with Crippen LogP contribution < -0.4 is 10.6 Å². The Morgan fingerprint density at radius 2 is 1.04 bits per heavy atom. The van der Waals surface area contributed by atoms with Crippen LogP contribution in [0.3, 0.4) is 0 Å². The monoisotopic (exact) mass is 354 g/mol. The van der Waals surface area contributed by atoms with Gasteiger partial charge in [-0.3, -0.25) is 9.59 Å². The van der Waals surface area contributed by atoms with E-state index in [2.05, 4.69) is 38.3 Å². The van der Waals surface area contributed by atoms with Crippen molar-refractivity contribution in [3.8, 4) is 0 Å². The van der Waals surface area contributed by atoms with Crippen LogP contribution in [0.1, 0.15) is 74.1 Å². The second kappa shape index (κ2) is 9.37. The van der Waals surface area contributed by atoms with E-state index in [1.807, 2.05) is 24.3 Å². The van der Waals surface area contributed by atoms with Crippen molar-refractivity contribution in [2.45, 2.75) is 65.5 Å². The predicted octanol–water partition coefficient (Wildman–Crippen LogP) is 4.68. The number of benzene rings is 2. The summed E-state index contributed by atoms with van der Waals surface area (Å²) in [4.78, 5) is 25.5. The SMILES string of the molecule is CCC(CC)NC(=O)c1ccc(C(=O)NC(CC)CC)c2ccccc12. The highest BCUT2D eigenvalue weighted by Crippen LogP contribution is 2.23. The molecular weight excluding hydrogens is 324 g/mol. The van der Waals surface area contributed by atoms with Gasteiger partial charge in [-0.15, -0.1) is 0 Å². The molecule has 0 aliphatic heterocycles. The third-order valence-electron chi connectivity index (χ3n) is 5.05. The Hall–Kier alpha value is -2.36. The van der Waals surface area contributed by atoms with Crippen LogP contribution in [0, 0.1) is 0 Å². The van der Waals surface area contributed by atoms with Crippen molar-refractivity contribution in [2.75, 3.05) is 0 Å². The molecule has 0 bridgehead atoms. The van der Waals surface area contributed by atoms with Crippen molar-refractivity contribution in [3.05, 3.63) is 47.5 Å². The van der Waals surface area contributed by atoms with Crippen molar-refractivity contribution in [3.63, 3.8) is 0 Å². The first-order valence-corrected chi connectivity index (χ1v) is 9.69. The maximum absolute atomic E-state index is 12.7. The Balaban J connectivity index is 2.39. The maximum Gasteiger partial charge on any atom is 0.252 e. The van der Waals surface area contributed by atoms with Crippen LogP contribution in [-0.2, 0) is 0 Å². The van der Waals surface area contributed by atoms with E-state index in [9.17, 15) is 9.59 Å². The van der Waals surface area contributed by atoms with Gasteiger partial charge in [0, 0.05) is 23.2 Å². The fourth-order valence-electron chi connectivity index (χ4n) is 3.21. The number of amides is 2. The van der Waals surface area contributed by atoms with Crippen molar-refractivity contribution in [1.29, 1.82) is 0 Å². The van der Waals surface area contributed by atoms with Gasteiger partial charge in [-0.2, -0.15) is 0 Å². The number of hydrogen-bond donors (Lipinski definition) is 2. The minimum Gasteiger partial charge on any atom is -0.349 e. The van der Waals surface area contributed by atoms with Crippen molar-refractivity contribution in [1.82, 2.24) is 10.6 Å². The van der Waals surface area contributed by atoms with Gasteiger partial charge in [-0.1, -0.05) is 52.0 Å². The molecule has 2 aromatic carbocycles. The van der Waals surface area contributed by atoms with Gasteiger partial charge in [0.25, 0.3) is 11.8 Å². The topological polar surface area (TPSA) is 58.2 Å². The summed E-state index contributed by atoms with van der Waals surface area (Å²) < 4.78 is 0. The summed E-state index contributed by atoms with van der Waals surface area (Å²) in [6, 6.07) is 11.5. The molecule has 0 unspecified atom stereocenters. The summed E-state index contributed by atoms with van der Waals surface area (Å²) in [5.41, 5.74) is 1.23. The highest BCUT2D eigenvalue weighted by atomic mass is 16.2. The molecule has 140 valence electrons. The molecule has 2 N–H and O–H groups in total. The molecule has 2 aromatic rings. The van der Waals surface area contributed by atoms with Crippen molar-refractivity contribution in [2.24, 2.45) is 0 Å². The van der Waals surface area contributed by atoms with Gasteiger partial charge in [-0.25, -0.2) is 0 Å². The molecule has 26 heavy (non-hydrogen) atoms. The number of carbonyl (C=O) groups excluding carboxylic acids is 2. The Morgan fingerprint density at radius 1 is 0.692 bits per heavy atom. The van der Waals surface area contributed by atoms with Crippen LogP contribution in [0.15, 0.2) is 36.4 Å². The maximum atomic E-state index is 12.7. The third kappa shape index (κ3) is 4.43. The second-order valence-corrected chi connectivity index (χ2v) is 6.68. The van der Waals surface area contributed by atoms with E-state index >= 15 is 0 Å². The lowest BCUT2D eigenvalue weighted by Crippen LogP contribution is -2.35. The van der Waals surface area contributed by atoms with Gasteiger partial charge in [-0.05, 0) is 48.6 Å². The fraction of sp³-hybridized carbons (Fsp3) is 0.455. The molecule has 4 heteroatoms. The summed E-state index contributed by atoms with van der Waals surface area (Å²) in [5, 5.41) is 7.80. The summed E-state index contributed by atoms with van der Waals surface area (Å²) in [5.74, 6) is -0.163. The Bertz CT molecular complexity index is 697. The standard InChI is InChI=1S/C22H30N2O2/c1-5-15(6-2)23-21(25)19-13-14-20(18-12-10-9-11-17(18)19)22(26)24-16(7-3)8-4/h9-16H,5-8H2,1-4H3,(H,23,25)(H,24,26). The zero-order valence-electron chi connectivity index (χ0n) is 16.3. The van der Waals surface area contributed by atoms with Crippen LogP contribution in [-0.4, -0.2) is 23.9 Å². The molecule has 0 radical (unpaired) electrons. The molecule has 0 saturated heterocycles. The van der Waals surface area contributed by atoms with Gasteiger partial charge in [0.15, 0.2) is 0 Å². The first kappa shape index (κ1) is 20.0. The Labute approximate surface area is 156 Å². The highest BCUT2D eigenvalue weighted by molar-refractivity contribution is 6.14. The molecule has 0 aliphatic carbocycles. The molecule has 0 aliphatic rings. The van der Waals surface area contributed by atoms with Crippen molar-refractivity contribution >= 4 is 22.6 Å². The lowest BCUT2D eigenvalue weighted by Gasteiger charge is -2.18. The van der Waals surface area contributed by atoms with Gasteiger partial charge >= 0.3 is 0 Å². The molecule has 0 fully saturated rings. The number of carbonyl (C=O) groups is 2. The average molecular weight is 354 g/mol. The van der Waals surface area contributed by atoms with E-state index in [4.69, 9.17) is 0 Å². The van der Waals surface area contributed by atoms with Gasteiger partial charge < -0.3 is 10.6 Å². The number of rotatable bonds is 8. The zero-order chi connectivity index (χ0) is 19.1. The normalized spacial score (nSPS) is 11.2.